The van der Waals surface area contributed by atoms with Gasteiger partial charge in [0.2, 0.25) is 0 Å². The topological polar surface area (TPSA) is 19.6 Å². The van der Waals surface area contributed by atoms with E-state index in [4.69, 9.17) is 4.42 Å². The second-order valence-electron chi connectivity index (χ2n) is 24.5. The second kappa shape index (κ2) is 18.9. The van der Waals surface area contributed by atoms with Crippen molar-refractivity contribution in [2.24, 2.45) is 0 Å². The van der Waals surface area contributed by atoms with Gasteiger partial charge in [0.1, 0.15) is 22.8 Å². The Labute approximate surface area is 479 Å². The van der Waals surface area contributed by atoms with Crippen molar-refractivity contribution >= 4 is 56.1 Å². The van der Waals surface area contributed by atoms with Crippen LogP contribution in [0.15, 0.2) is 235 Å². The molecule has 0 amide bonds. The summed E-state index contributed by atoms with van der Waals surface area (Å²) in [5.41, 5.74) is 21.5. The van der Waals surface area contributed by atoms with Crippen LogP contribution in [-0.2, 0) is 16.2 Å². The predicted molar refractivity (Wildman–Crippen MR) is 337 cm³/mol. The van der Waals surface area contributed by atoms with E-state index >= 15 is 8.78 Å². The Kier molecular flexibility index (Phi) is 11.7. The fourth-order valence-electron chi connectivity index (χ4n) is 13.3. The van der Waals surface area contributed by atoms with Crippen molar-refractivity contribution in [1.29, 1.82) is 0 Å². The summed E-state index contributed by atoms with van der Waals surface area (Å²) >= 11 is 0. The Morgan fingerprint density at radius 3 is 1.38 bits per heavy atom. The predicted octanol–water partition coefficient (Wildman–Crippen LogP) is 21.7. The minimum Gasteiger partial charge on any atom is -0.455 e. The van der Waals surface area contributed by atoms with E-state index < -0.39 is 5.41 Å². The monoisotopic (exact) mass is 1070 g/mol. The molecule has 11 aromatic carbocycles. The molecule has 0 aliphatic heterocycles. The van der Waals surface area contributed by atoms with Crippen molar-refractivity contribution in [2.45, 2.75) is 71.6 Å². The van der Waals surface area contributed by atoms with E-state index in [1.807, 2.05) is 24.3 Å². The number of nitrogens with zero attached hydrogens (tertiary/aromatic N) is 2. The molecule has 82 heavy (non-hydrogen) atoms. The van der Waals surface area contributed by atoms with E-state index in [1.165, 1.54) is 23.3 Å². The first-order chi connectivity index (χ1) is 39.6. The highest BCUT2D eigenvalue weighted by molar-refractivity contribution is 6.20. The molecule has 1 aromatic heterocycles. The van der Waals surface area contributed by atoms with Gasteiger partial charge in [-0.25, -0.2) is 8.78 Å². The first-order valence-corrected chi connectivity index (χ1v) is 28.4. The van der Waals surface area contributed by atoms with Crippen LogP contribution in [0.25, 0.3) is 66.4 Å². The summed E-state index contributed by atoms with van der Waals surface area (Å²) in [6.07, 6.45) is 0. The third-order valence-corrected chi connectivity index (χ3v) is 17.2. The summed E-state index contributed by atoms with van der Waals surface area (Å²) in [5, 5.41) is 1.90. The maximum Gasteiger partial charge on any atom is 0.145 e. The third-order valence-electron chi connectivity index (χ3n) is 17.2. The average molecular weight is 1070 g/mol. The summed E-state index contributed by atoms with van der Waals surface area (Å²) in [6, 6.07) is 79.9. The molecular weight excluding hydrogens is 1010 g/mol. The minimum atomic E-state index is -1.24. The first kappa shape index (κ1) is 50.9. The molecule has 0 bridgehead atoms. The molecule has 5 heteroatoms. The van der Waals surface area contributed by atoms with Crippen LogP contribution < -0.4 is 9.80 Å². The van der Waals surface area contributed by atoms with Gasteiger partial charge in [0, 0.05) is 39.1 Å². The number of furan rings is 1. The fraction of sp³-hybridized carbons (Fsp3) is 0.143. The second-order valence-corrected chi connectivity index (χ2v) is 24.5. The zero-order valence-corrected chi connectivity index (χ0v) is 47.5. The Balaban J connectivity index is 1.12. The quantitative estimate of drug-likeness (QED) is 0.151. The van der Waals surface area contributed by atoms with E-state index in [1.54, 1.807) is 12.1 Å². The molecule has 3 nitrogen and oxygen atoms in total. The number of fused-ring (bicyclic) bond motifs is 14. The molecule has 400 valence electrons. The zero-order valence-electron chi connectivity index (χ0n) is 47.5. The maximum atomic E-state index is 16.7. The van der Waals surface area contributed by atoms with Gasteiger partial charge in [-0.3, -0.25) is 0 Å². The van der Waals surface area contributed by atoms with Crippen molar-refractivity contribution in [1.82, 2.24) is 0 Å². The van der Waals surface area contributed by atoms with Crippen LogP contribution in [0.4, 0.5) is 42.9 Å². The lowest BCUT2D eigenvalue weighted by Crippen LogP contribution is -2.27. The largest absolute Gasteiger partial charge is 0.455 e. The number of rotatable bonds is 8. The van der Waals surface area contributed by atoms with Crippen LogP contribution in [0.5, 0.6) is 0 Å². The summed E-state index contributed by atoms with van der Waals surface area (Å²) in [7, 11) is 0. The van der Waals surface area contributed by atoms with Gasteiger partial charge in [0.05, 0.1) is 27.9 Å². The molecule has 14 rings (SSSR count). The number of hydrogen-bond acceptors (Lipinski definition) is 3. The van der Waals surface area contributed by atoms with Crippen molar-refractivity contribution in [3.05, 3.63) is 287 Å². The van der Waals surface area contributed by atoms with Crippen LogP contribution in [0, 0.1) is 25.5 Å². The number of halogens is 2. The average Bonchev–Trinajstić information content (AvgIpc) is 1.88. The van der Waals surface area contributed by atoms with Gasteiger partial charge >= 0.3 is 0 Å². The summed E-state index contributed by atoms with van der Waals surface area (Å²) < 4.78 is 40.9. The number of anilines is 6. The van der Waals surface area contributed by atoms with E-state index in [0.717, 1.165) is 128 Å². The molecule has 0 atom stereocenters. The lowest BCUT2D eigenvalue weighted by atomic mass is 9.70. The van der Waals surface area contributed by atoms with Crippen molar-refractivity contribution in [3.8, 4) is 44.5 Å². The van der Waals surface area contributed by atoms with Gasteiger partial charge in [-0.15, -0.1) is 0 Å². The van der Waals surface area contributed by atoms with Crippen LogP contribution in [-0.4, -0.2) is 0 Å². The number of benzene rings is 11. The number of hydrogen-bond donors (Lipinski definition) is 0. The lowest BCUT2D eigenvalue weighted by Gasteiger charge is -2.34. The Bertz CT molecular complexity index is 4450. The van der Waals surface area contributed by atoms with Crippen molar-refractivity contribution in [2.75, 3.05) is 9.80 Å². The van der Waals surface area contributed by atoms with E-state index in [0.29, 0.717) is 5.58 Å². The number of aryl methyl sites for hydroxylation is 2. The van der Waals surface area contributed by atoms with E-state index in [9.17, 15) is 0 Å². The molecule has 0 saturated carbocycles. The van der Waals surface area contributed by atoms with Gasteiger partial charge in [0.25, 0.3) is 0 Å². The van der Waals surface area contributed by atoms with Crippen LogP contribution in [0.2, 0.25) is 0 Å². The van der Waals surface area contributed by atoms with Gasteiger partial charge < -0.3 is 14.2 Å². The molecule has 12 aromatic rings. The SMILES string of the molecule is Cc1ccc(N(c2ccc(C(C)(C)C)cc2)c2ccc3c(c2)C2(c4cc(F)ccc4-c4ccc(F)cc42)c2cc(N(c4ccc(C(C)(C)C)cc4)c4ccc(C)cc4-c4ccccc4)c4c(oc5ccccc54)c2-3)c(-c2ccccc2)c1. The molecule has 0 N–H and O–H groups in total. The molecular formula is C77H62F2N2O. The molecule has 0 saturated heterocycles. The Morgan fingerprint density at radius 1 is 0.378 bits per heavy atom. The normalized spacial score (nSPS) is 13.1. The van der Waals surface area contributed by atoms with Crippen molar-refractivity contribution < 1.29 is 13.2 Å². The van der Waals surface area contributed by atoms with E-state index in [2.05, 4.69) is 247 Å². The van der Waals surface area contributed by atoms with Crippen LogP contribution >= 0.6 is 0 Å². The highest BCUT2D eigenvalue weighted by Gasteiger charge is 2.54. The van der Waals surface area contributed by atoms with E-state index in [-0.39, 0.29) is 22.5 Å². The van der Waals surface area contributed by atoms with Gasteiger partial charge in [-0.1, -0.05) is 186 Å². The molecule has 1 heterocycles. The number of para-hydroxylation sites is 1. The van der Waals surface area contributed by atoms with Crippen LogP contribution in [0.1, 0.15) is 86.1 Å². The smallest absolute Gasteiger partial charge is 0.145 e. The fourth-order valence-corrected chi connectivity index (χ4v) is 13.3. The molecule has 2 aliphatic carbocycles. The molecule has 1 spiro atoms. The standard InChI is InChI=1S/C77H62F2N2O/c1-47-23-39-68(62(41-47)49-17-11-9-12-18-49)80(55-31-25-51(26-32-55)75(3,4)5)57-35-38-60-66(45-57)77(64-43-53(78)29-36-58(64)59-37-30-54(79)44-65(59)77)67-46-70(73-61-21-15-16-22-71(61)82-74(73)72(60)67)81(56-33-27-52(28-34-56)76(6,7)8)69-40-24-48(2)42-63(69)50-19-13-10-14-20-50/h9-46H,1-8H3. The summed E-state index contributed by atoms with van der Waals surface area (Å²) in [5.74, 6) is -0.744. The summed E-state index contributed by atoms with van der Waals surface area (Å²) in [6.45, 7) is 17.7. The molecule has 0 radical (unpaired) electrons. The van der Waals surface area contributed by atoms with Gasteiger partial charge in [0.15, 0.2) is 0 Å². The van der Waals surface area contributed by atoms with Crippen molar-refractivity contribution in [3.63, 3.8) is 0 Å². The Hall–Kier alpha value is -9.32. The summed E-state index contributed by atoms with van der Waals surface area (Å²) in [4.78, 5) is 4.74. The molecule has 0 unspecified atom stereocenters. The highest BCUT2D eigenvalue weighted by atomic mass is 19.1. The highest BCUT2D eigenvalue weighted by Crippen LogP contribution is 2.66. The van der Waals surface area contributed by atoms with Gasteiger partial charge in [-0.2, -0.15) is 0 Å². The lowest BCUT2D eigenvalue weighted by molar-refractivity contribution is 0.590. The van der Waals surface area contributed by atoms with Crippen LogP contribution in [0.3, 0.4) is 0 Å². The molecule has 2 aliphatic rings. The van der Waals surface area contributed by atoms with Gasteiger partial charge in [-0.05, 0) is 183 Å². The molecule has 0 fully saturated rings. The third kappa shape index (κ3) is 8.03. The Morgan fingerprint density at radius 2 is 0.841 bits per heavy atom. The zero-order chi connectivity index (χ0) is 56.4. The minimum absolute atomic E-state index is 0.0726. The maximum absolute atomic E-state index is 16.7. The first-order valence-electron chi connectivity index (χ1n) is 28.4.